The van der Waals surface area contributed by atoms with Crippen LogP contribution in [0.1, 0.15) is 40.0 Å². The minimum atomic E-state index is -0.454. The van der Waals surface area contributed by atoms with E-state index in [1.807, 2.05) is 13.8 Å². The fraction of sp³-hybridized carbons (Fsp3) is 1.00. The Kier molecular flexibility index (Phi) is 7.23. The predicted octanol–water partition coefficient (Wildman–Crippen LogP) is 1.90. The molecule has 0 saturated carbocycles. The van der Waals surface area contributed by atoms with Crippen molar-refractivity contribution in [3.05, 3.63) is 0 Å². The van der Waals surface area contributed by atoms with Crippen LogP contribution in [0.3, 0.4) is 0 Å². The van der Waals surface area contributed by atoms with E-state index in [9.17, 15) is 0 Å². The van der Waals surface area contributed by atoms with Crippen molar-refractivity contribution in [3.63, 3.8) is 0 Å². The molecule has 0 atom stereocenters. The lowest BCUT2D eigenvalue weighted by molar-refractivity contribution is -0.213. The van der Waals surface area contributed by atoms with Gasteiger partial charge in [-0.1, -0.05) is 13.3 Å². The highest BCUT2D eigenvalue weighted by Crippen LogP contribution is 2.12. The van der Waals surface area contributed by atoms with Crippen molar-refractivity contribution in [2.24, 2.45) is 5.73 Å². The molecule has 0 radical (unpaired) electrons. The van der Waals surface area contributed by atoms with Crippen molar-refractivity contribution in [1.82, 2.24) is 0 Å². The molecule has 3 heteroatoms. The summed E-state index contributed by atoms with van der Waals surface area (Å²) in [6.45, 7) is 8.15. The number of hydrogen-bond acceptors (Lipinski definition) is 3. The normalized spacial score (nSPS) is 12.0. The first-order chi connectivity index (χ1) is 6.12. The van der Waals surface area contributed by atoms with Crippen molar-refractivity contribution in [1.29, 1.82) is 0 Å². The summed E-state index contributed by atoms with van der Waals surface area (Å²) in [5.41, 5.74) is 5.36. The van der Waals surface area contributed by atoms with E-state index in [0.717, 1.165) is 25.9 Å². The summed E-state index contributed by atoms with van der Waals surface area (Å²) in [5.74, 6) is -0.454. The molecule has 0 aromatic heterocycles. The fourth-order valence-electron chi connectivity index (χ4n) is 0.905. The van der Waals surface area contributed by atoms with Crippen LogP contribution in [0, 0.1) is 0 Å². The summed E-state index contributed by atoms with van der Waals surface area (Å²) >= 11 is 0. The second-order valence-corrected chi connectivity index (χ2v) is 3.59. The van der Waals surface area contributed by atoms with E-state index in [1.54, 1.807) is 0 Å². The van der Waals surface area contributed by atoms with Gasteiger partial charge in [-0.05, 0) is 33.2 Å². The minimum Gasteiger partial charge on any atom is -0.351 e. The van der Waals surface area contributed by atoms with Gasteiger partial charge in [0.1, 0.15) is 0 Å². The van der Waals surface area contributed by atoms with Gasteiger partial charge < -0.3 is 15.2 Å². The van der Waals surface area contributed by atoms with Gasteiger partial charge in [-0.15, -0.1) is 0 Å². The molecular formula is C10H23NO2. The Bertz CT molecular complexity index is 103. The highest BCUT2D eigenvalue weighted by atomic mass is 16.7. The van der Waals surface area contributed by atoms with Gasteiger partial charge >= 0.3 is 0 Å². The summed E-state index contributed by atoms with van der Waals surface area (Å²) in [5, 5.41) is 0. The maximum absolute atomic E-state index is 5.55. The van der Waals surface area contributed by atoms with Crippen molar-refractivity contribution in [2.45, 2.75) is 45.8 Å². The van der Waals surface area contributed by atoms with Crippen LogP contribution in [0.15, 0.2) is 0 Å². The SMILES string of the molecule is CCCCOC(C)(C)OCCCN. The Morgan fingerprint density at radius 2 is 1.62 bits per heavy atom. The molecule has 0 heterocycles. The van der Waals surface area contributed by atoms with E-state index < -0.39 is 5.79 Å². The molecule has 0 saturated heterocycles. The molecule has 0 spiro atoms. The molecule has 0 aromatic rings. The van der Waals surface area contributed by atoms with Crippen molar-refractivity contribution in [2.75, 3.05) is 19.8 Å². The zero-order valence-electron chi connectivity index (χ0n) is 9.14. The largest absolute Gasteiger partial charge is 0.351 e. The molecule has 2 N–H and O–H groups in total. The first-order valence-corrected chi connectivity index (χ1v) is 5.10. The maximum atomic E-state index is 5.55. The van der Waals surface area contributed by atoms with E-state index in [2.05, 4.69) is 6.92 Å². The molecule has 80 valence electrons. The van der Waals surface area contributed by atoms with Gasteiger partial charge in [0.15, 0.2) is 5.79 Å². The second-order valence-electron chi connectivity index (χ2n) is 3.59. The summed E-state index contributed by atoms with van der Waals surface area (Å²) in [6, 6.07) is 0. The Morgan fingerprint density at radius 3 is 2.08 bits per heavy atom. The summed E-state index contributed by atoms with van der Waals surface area (Å²) in [4.78, 5) is 0. The van der Waals surface area contributed by atoms with Crippen LogP contribution in [0.25, 0.3) is 0 Å². The molecule has 13 heavy (non-hydrogen) atoms. The molecule has 0 rings (SSSR count). The highest BCUT2D eigenvalue weighted by molar-refractivity contribution is 4.54. The Morgan fingerprint density at radius 1 is 1.08 bits per heavy atom. The second kappa shape index (κ2) is 7.30. The average molecular weight is 189 g/mol. The van der Waals surface area contributed by atoms with Gasteiger partial charge in [0.25, 0.3) is 0 Å². The van der Waals surface area contributed by atoms with E-state index in [-0.39, 0.29) is 0 Å². The molecule has 0 amide bonds. The monoisotopic (exact) mass is 189 g/mol. The number of nitrogens with two attached hydrogens (primary N) is 1. The molecule has 0 aliphatic carbocycles. The van der Waals surface area contributed by atoms with Crippen LogP contribution in [-0.2, 0) is 9.47 Å². The van der Waals surface area contributed by atoms with Gasteiger partial charge in [0, 0.05) is 6.61 Å². The van der Waals surface area contributed by atoms with Crippen molar-refractivity contribution in [3.8, 4) is 0 Å². The molecule has 0 aliphatic heterocycles. The third-order valence-corrected chi connectivity index (χ3v) is 1.75. The number of unbranched alkanes of at least 4 members (excludes halogenated alkanes) is 1. The lowest BCUT2D eigenvalue weighted by atomic mass is 10.3. The van der Waals surface area contributed by atoms with Crippen LogP contribution < -0.4 is 5.73 Å². The molecule has 0 aliphatic rings. The Balaban J connectivity index is 3.42. The van der Waals surface area contributed by atoms with E-state index in [4.69, 9.17) is 15.2 Å². The van der Waals surface area contributed by atoms with Crippen molar-refractivity contribution < 1.29 is 9.47 Å². The zero-order chi connectivity index (χ0) is 10.2. The molecule has 0 unspecified atom stereocenters. The molecule has 0 bridgehead atoms. The lowest BCUT2D eigenvalue weighted by Crippen LogP contribution is -2.29. The molecular weight excluding hydrogens is 166 g/mol. The molecule has 0 fully saturated rings. The standard InChI is InChI=1S/C10H23NO2/c1-4-5-8-12-10(2,3)13-9-6-7-11/h4-9,11H2,1-3H3. The third-order valence-electron chi connectivity index (χ3n) is 1.75. The summed E-state index contributed by atoms with van der Waals surface area (Å²) < 4.78 is 11.1. The Labute approximate surface area is 81.6 Å². The van der Waals surface area contributed by atoms with Gasteiger partial charge in [0.05, 0.1) is 6.61 Å². The zero-order valence-corrected chi connectivity index (χ0v) is 9.14. The van der Waals surface area contributed by atoms with Gasteiger partial charge in [-0.3, -0.25) is 0 Å². The maximum Gasteiger partial charge on any atom is 0.162 e. The van der Waals surface area contributed by atoms with Gasteiger partial charge in [0.2, 0.25) is 0 Å². The van der Waals surface area contributed by atoms with Crippen LogP contribution >= 0.6 is 0 Å². The molecule has 3 nitrogen and oxygen atoms in total. The number of ether oxygens (including phenoxy) is 2. The highest BCUT2D eigenvalue weighted by Gasteiger charge is 2.17. The van der Waals surface area contributed by atoms with Crippen LogP contribution in [-0.4, -0.2) is 25.5 Å². The first-order valence-electron chi connectivity index (χ1n) is 5.10. The van der Waals surface area contributed by atoms with Crippen LogP contribution in [0.2, 0.25) is 0 Å². The predicted molar refractivity (Wildman–Crippen MR) is 54.6 cm³/mol. The first kappa shape index (κ1) is 12.9. The topological polar surface area (TPSA) is 44.5 Å². The summed E-state index contributed by atoms with van der Waals surface area (Å²) in [7, 11) is 0. The van der Waals surface area contributed by atoms with Crippen LogP contribution in [0.4, 0.5) is 0 Å². The molecule has 0 aromatic carbocycles. The Hall–Kier alpha value is -0.120. The smallest absolute Gasteiger partial charge is 0.162 e. The van der Waals surface area contributed by atoms with Gasteiger partial charge in [-0.2, -0.15) is 0 Å². The van der Waals surface area contributed by atoms with Crippen molar-refractivity contribution >= 4 is 0 Å². The van der Waals surface area contributed by atoms with E-state index >= 15 is 0 Å². The van der Waals surface area contributed by atoms with Crippen LogP contribution in [0.5, 0.6) is 0 Å². The summed E-state index contributed by atoms with van der Waals surface area (Å²) in [6.07, 6.45) is 3.13. The minimum absolute atomic E-state index is 0.454. The van der Waals surface area contributed by atoms with E-state index in [0.29, 0.717) is 13.2 Å². The lowest BCUT2D eigenvalue weighted by Gasteiger charge is -2.25. The quantitative estimate of drug-likeness (QED) is 0.468. The number of hydrogen-bond donors (Lipinski definition) is 1. The average Bonchev–Trinajstić information content (AvgIpc) is 2.05. The van der Waals surface area contributed by atoms with E-state index in [1.165, 1.54) is 0 Å². The van der Waals surface area contributed by atoms with Gasteiger partial charge in [-0.25, -0.2) is 0 Å². The third kappa shape index (κ3) is 8.22. The fourth-order valence-corrected chi connectivity index (χ4v) is 0.905. The number of rotatable bonds is 8.